The van der Waals surface area contributed by atoms with Gasteiger partial charge in [-0.25, -0.2) is 0 Å². The molecule has 0 unspecified atom stereocenters. The molecule has 0 aliphatic heterocycles. The van der Waals surface area contributed by atoms with Gasteiger partial charge in [-0.3, -0.25) is 20.2 Å². The van der Waals surface area contributed by atoms with Crippen LogP contribution >= 0.6 is 34.8 Å². The smallest absolute Gasteiger partial charge is 0.349 e. The highest BCUT2D eigenvalue weighted by molar-refractivity contribution is 6.40. The second-order valence-corrected chi connectivity index (χ2v) is 5.22. The summed E-state index contributed by atoms with van der Waals surface area (Å²) in [5.74, 6) is 0.0132. The van der Waals surface area contributed by atoms with Crippen LogP contribution in [0.1, 0.15) is 0 Å². The van der Waals surface area contributed by atoms with Gasteiger partial charge >= 0.3 is 11.4 Å². The van der Waals surface area contributed by atoms with Gasteiger partial charge in [0.1, 0.15) is 5.75 Å². The lowest BCUT2D eigenvalue weighted by atomic mass is 10.2. The van der Waals surface area contributed by atoms with E-state index in [9.17, 15) is 20.2 Å². The number of nitro benzene ring substituents is 2. The molecular formula is C12H5Cl3N2O5. The summed E-state index contributed by atoms with van der Waals surface area (Å²) in [5.41, 5.74) is -1.35. The molecule has 0 heterocycles. The Morgan fingerprint density at radius 1 is 0.864 bits per heavy atom. The molecule has 0 N–H and O–H groups in total. The highest BCUT2D eigenvalue weighted by atomic mass is 35.5. The lowest BCUT2D eigenvalue weighted by Gasteiger charge is -2.09. The molecule has 2 aromatic carbocycles. The second-order valence-electron chi connectivity index (χ2n) is 3.97. The Morgan fingerprint density at radius 2 is 1.41 bits per heavy atom. The lowest BCUT2D eigenvalue weighted by Crippen LogP contribution is -1.97. The zero-order chi connectivity index (χ0) is 16.4. The van der Waals surface area contributed by atoms with E-state index in [4.69, 9.17) is 39.5 Å². The predicted octanol–water partition coefficient (Wildman–Crippen LogP) is 5.26. The summed E-state index contributed by atoms with van der Waals surface area (Å²) in [6.07, 6.45) is 0. The highest BCUT2D eigenvalue weighted by Gasteiger charge is 2.25. The summed E-state index contributed by atoms with van der Waals surface area (Å²) < 4.78 is 5.37. The van der Waals surface area contributed by atoms with E-state index in [0.29, 0.717) is 0 Å². The summed E-state index contributed by atoms with van der Waals surface area (Å²) in [6, 6.07) is 5.84. The Bertz CT molecular complexity index is 758. The maximum absolute atomic E-state index is 10.9. The van der Waals surface area contributed by atoms with Gasteiger partial charge in [-0.05, 0) is 18.2 Å². The maximum Gasteiger partial charge on any atom is 0.349 e. The topological polar surface area (TPSA) is 95.5 Å². The Hall–Kier alpha value is -2.09. The summed E-state index contributed by atoms with van der Waals surface area (Å²) in [4.78, 5) is 19.9. The van der Waals surface area contributed by atoms with Crippen molar-refractivity contribution in [3.8, 4) is 11.5 Å². The number of rotatable bonds is 4. The van der Waals surface area contributed by atoms with Crippen LogP contribution in [0.4, 0.5) is 11.4 Å². The molecule has 0 saturated carbocycles. The Kier molecular flexibility index (Phi) is 4.70. The standard InChI is InChI=1S/C12H5Cl3N2O5/c13-6-3-8(14)12(9(15)4-6)22-7-1-2-10(16(18)19)11(5-7)17(20)21/h1-5H. The number of hydrogen-bond acceptors (Lipinski definition) is 5. The molecule has 0 radical (unpaired) electrons. The van der Waals surface area contributed by atoms with Crippen molar-refractivity contribution in [3.05, 3.63) is 65.6 Å². The minimum Gasteiger partial charge on any atom is -0.454 e. The summed E-state index contributed by atoms with van der Waals surface area (Å²) in [7, 11) is 0. The lowest BCUT2D eigenvalue weighted by molar-refractivity contribution is -0.422. The van der Waals surface area contributed by atoms with E-state index in [2.05, 4.69) is 0 Å². The highest BCUT2D eigenvalue weighted by Crippen LogP contribution is 2.40. The fourth-order valence-electron chi connectivity index (χ4n) is 1.61. The van der Waals surface area contributed by atoms with Crippen molar-refractivity contribution in [3.63, 3.8) is 0 Å². The third-order valence-electron chi connectivity index (χ3n) is 2.52. The molecule has 0 aliphatic rings. The molecule has 0 aliphatic carbocycles. The fourth-order valence-corrected chi connectivity index (χ4v) is 2.51. The third-order valence-corrected chi connectivity index (χ3v) is 3.30. The Labute approximate surface area is 138 Å². The van der Waals surface area contributed by atoms with E-state index in [0.717, 1.165) is 12.1 Å². The Morgan fingerprint density at radius 3 is 1.91 bits per heavy atom. The van der Waals surface area contributed by atoms with Gasteiger partial charge in [-0.1, -0.05) is 34.8 Å². The number of hydrogen-bond donors (Lipinski definition) is 0. The fraction of sp³-hybridized carbons (Fsp3) is 0. The van der Waals surface area contributed by atoms with Gasteiger partial charge in [0.05, 0.1) is 26.0 Å². The van der Waals surface area contributed by atoms with E-state index in [1.165, 1.54) is 18.2 Å². The van der Waals surface area contributed by atoms with Crippen LogP contribution in [-0.4, -0.2) is 9.85 Å². The van der Waals surface area contributed by atoms with Gasteiger partial charge in [0.25, 0.3) is 0 Å². The molecule has 7 nitrogen and oxygen atoms in total. The molecule has 0 fully saturated rings. The third kappa shape index (κ3) is 3.38. The van der Waals surface area contributed by atoms with Crippen LogP contribution in [0.5, 0.6) is 11.5 Å². The largest absolute Gasteiger partial charge is 0.454 e. The zero-order valence-corrected chi connectivity index (χ0v) is 12.7. The normalized spacial score (nSPS) is 10.3. The molecule has 10 heteroatoms. The molecule has 22 heavy (non-hydrogen) atoms. The van der Waals surface area contributed by atoms with Crippen LogP contribution in [0, 0.1) is 20.2 Å². The minimum absolute atomic E-state index is 0.0246. The van der Waals surface area contributed by atoms with Crippen molar-refractivity contribution in [2.75, 3.05) is 0 Å². The molecule has 0 saturated heterocycles. The molecule has 0 aromatic heterocycles. The van der Waals surface area contributed by atoms with Crippen molar-refractivity contribution in [1.82, 2.24) is 0 Å². The first kappa shape index (κ1) is 16.3. The summed E-state index contributed by atoms with van der Waals surface area (Å²) in [5, 5.41) is 22.1. The van der Waals surface area contributed by atoms with E-state index in [1.54, 1.807) is 0 Å². The van der Waals surface area contributed by atoms with Crippen LogP contribution in [0.25, 0.3) is 0 Å². The summed E-state index contributed by atoms with van der Waals surface area (Å²) in [6.45, 7) is 0. The molecule has 114 valence electrons. The van der Waals surface area contributed by atoms with Crippen molar-refractivity contribution in [1.29, 1.82) is 0 Å². The number of nitrogens with zero attached hydrogens (tertiary/aromatic N) is 2. The molecule has 0 atom stereocenters. The average molecular weight is 364 g/mol. The second kappa shape index (κ2) is 6.35. The minimum atomic E-state index is -0.879. The van der Waals surface area contributed by atoms with Gasteiger partial charge in [0, 0.05) is 11.1 Å². The number of benzene rings is 2. The number of halogens is 3. The average Bonchev–Trinajstić information content (AvgIpc) is 2.42. The van der Waals surface area contributed by atoms with E-state index in [1.807, 2.05) is 0 Å². The SMILES string of the molecule is O=[N+]([O-])c1ccc(Oc2c(Cl)cc(Cl)cc2Cl)cc1[N+](=O)[O-]. The molecule has 0 bridgehead atoms. The van der Waals surface area contributed by atoms with Crippen LogP contribution in [0.3, 0.4) is 0 Å². The van der Waals surface area contributed by atoms with Gasteiger partial charge < -0.3 is 4.74 Å². The molecule has 0 spiro atoms. The van der Waals surface area contributed by atoms with Crippen molar-refractivity contribution < 1.29 is 14.6 Å². The maximum atomic E-state index is 10.9. The van der Waals surface area contributed by atoms with E-state index >= 15 is 0 Å². The Balaban J connectivity index is 2.45. The van der Waals surface area contributed by atoms with Crippen molar-refractivity contribution >= 4 is 46.2 Å². The molecule has 2 aromatic rings. The van der Waals surface area contributed by atoms with Crippen LogP contribution < -0.4 is 4.74 Å². The van der Waals surface area contributed by atoms with E-state index in [-0.39, 0.29) is 26.6 Å². The molecular weight excluding hydrogens is 359 g/mol. The van der Waals surface area contributed by atoms with Crippen LogP contribution in [0.2, 0.25) is 15.1 Å². The first-order chi connectivity index (χ1) is 10.3. The van der Waals surface area contributed by atoms with Gasteiger partial charge in [-0.2, -0.15) is 0 Å². The van der Waals surface area contributed by atoms with Crippen molar-refractivity contribution in [2.24, 2.45) is 0 Å². The van der Waals surface area contributed by atoms with E-state index < -0.39 is 21.2 Å². The summed E-state index contributed by atoms with van der Waals surface area (Å²) >= 11 is 17.6. The zero-order valence-electron chi connectivity index (χ0n) is 10.5. The van der Waals surface area contributed by atoms with Gasteiger partial charge in [0.15, 0.2) is 5.75 Å². The van der Waals surface area contributed by atoms with Crippen molar-refractivity contribution in [2.45, 2.75) is 0 Å². The first-order valence-electron chi connectivity index (χ1n) is 5.55. The number of nitro groups is 2. The first-order valence-corrected chi connectivity index (χ1v) is 6.68. The number of ether oxygens (including phenoxy) is 1. The van der Waals surface area contributed by atoms with Crippen LogP contribution in [0.15, 0.2) is 30.3 Å². The predicted molar refractivity (Wildman–Crippen MR) is 81.3 cm³/mol. The molecule has 2 rings (SSSR count). The monoisotopic (exact) mass is 362 g/mol. The van der Waals surface area contributed by atoms with Crippen LogP contribution in [-0.2, 0) is 0 Å². The van der Waals surface area contributed by atoms with Gasteiger partial charge in [-0.15, -0.1) is 0 Å². The quantitative estimate of drug-likeness (QED) is 0.545. The molecule has 0 amide bonds. The van der Waals surface area contributed by atoms with Gasteiger partial charge in [0.2, 0.25) is 0 Å².